The van der Waals surface area contributed by atoms with Gasteiger partial charge < -0.3 is 10.1 Å². The van der Waals surface area contributed by atoms with Crippen molar-refractivity contribution in [3.05, 3.63) is 53.7 Å². The maximum atomic E-state index is 13.4. The zero-order chi connectivity index (χ0) is 13.7. The smallest absolute Gasteiger partial charge is 0.213 e. The highest BCUT2D eigenvalue weighted by Gasteiger charge is 2.04. The lowest BCUT2D eigenvalue weighted by molar-refractivity contribution is 0.327. The molecule has 100 valence electrons. The number of benzene rings is 1. The third kappa shape index (κ3) is 3.64. The summed E-state index contributed by atoms with van der Waals surface area (Å²) in [5, 5.41) is 2.97. The molecule has 1 heterocycles. The molecular formula is C14H14F2N2O. The van der Waals surface area contributed by atoms with Crippen molar-refractivity contribution in [3.63, 3.8) is 0 Å². The van der Waals surface area contributed by atoms with Gasteiger partial charge in [-0.05, 0) is 31.2 Å². The van der Waals surface area contributed by atoms with Crippen LogP contribution in [0.3, 0.4) is 0 Å². The van der Waals surface area contributed by atoms with E-state index in [0.717, 1.165) is 12.1 Å². The van der Waals surface area contributed by atoms with Crippen LogP contribution in [0.4, 0.5) is 14.5 Å². The lowest BCUT2D eigenvalue weighted by Gasteiger charge is -2.08. The Bertz CT molecular complexity index is 544. The fourth-order valence-corrected chi connectivity index (χ4v) is 1.59. The van der Waals surface area contributed by atoms with Gasteiger partial charge in [-0.2, -0.15) is 0 Å². The average molecular weight is 264 g/mol. The Hall–Kier alpha value is -2.17. The second-order valence-electron chi connectivity index (χ2n) is 3.91. The van der Waals surface area contributed by atoms with Crippen LogP contribution < -0.4 is 10.1 Å². The summed E-state index contributed by atoms with van der Waals surface area (Å²) in [6, 6.07) is 6.87. The summed E-state index contributed by atoms with van der Waals surface area (Å²) in [6.45, 7) is 2.62. The molecule has 1 aromatic carbocycles. The Labute approximate surface area is 110 Å². The van der Waals surface area contributed by atoms with E-state index in [1.807, 2.05) is 6.92 Å². The van der Waals surface area contributed by atoms with Gasteiger partial charge in [0.25, 0.3) is 0 Å². The summed E-state index contributed by atoms with van der Waals surface area (Å²) in [5.74, 6) is -0.360. The molecule has 1 aromatic heterocycles. The van der Waals surface area contributed by atoms with Crippen LogP contribution in [-0.4, -0.2) is 11.6 Å². The van der Waals surface area contributed by atoms with E-state index in [0.29, 0.717) is 18.2 Å². The van der Waals surface area contributed by atoms with Crippen molar-refractivity contribution in [1.29, 1.82) is 0 Å². The summed E-state index contributed by atoms with van der Waals surface area (Å²) in [4.78, 5) is 4.07. The average Bonchev–Trinajstić information content (AvgIpc) is 2.42. The molecule has 0 aliphatic heterocycles. The van der Waals surface area contributed by atoms with Crippen molar-refractivity contribution in [2.75, 3.05) is 11.9 Å². The maximum Gasteiger partial charge on any atom is 0.213 e. The second-order valence-corrected chi connectivity index (χ2v) is 3.91. The van der Waals surface area contributed by atoms with Gasteiger partial charge in [-0.25, -0.2) is 13.8 Å². The van der Waals surface area contributed by atoms with Gasteiger partial charge in [-0.1, -0.05) is 0 Å². The summed E-state index contributed by atoms with van der Waals surface area (Å²) in [6.07, 6.45) is 1.59. The quantitative estimate of drug-likeness (QED) is 0.899. The molecule has 0 unspecified atom stereocenters. The molecule has 0 saturated carbocycles. The highest BCUT2D eigenvalue weighted by Crippen LogP contribution is 2.15. The maximum absolute atomic E-state index is 13.4. The molecule has 2 rings (SSSR count). The standard InChI is InChI=1S/C14H14F2N2O/c1-2-19-14-6-4-12(9-18-14)17-8-10-7-11(15)3-5-13(10)16/h3-7,9,17H,2,8H2,1H3. The number of anilines is 1. The van der Waals surface area contributed by atoms with Crippen molar-refractivity contribution in [2.24, 2.45) is 0 Å². The SMILES string of the molecule is CCOc1ccc(NCc2cc(F)ccc2F)cn1. The molecule has 5 heteroatoms. The fourth-order valence-electron chi connectivity index (χ4n) is 1.59. The third-order valence-electron chi connectivity index (χ3n) is 2.52. The Kier molecular flexibility index (Phi) is 4.28. The molecular weight excluding hydrogens is 250 g/mol. The number of aromatic nitrogens is 1. The molecule has 0 aliphatic rings. The topological polar surface area (TPSA) is 34.1 Å². The van der Waals surface area contributed by atoms with Gasteiger partial charge in [0, 0.05) is 18.2 Å². The van der Waals surface area contributed by atoms with Crippen LogP contribution in [0.15, 0.2) is 36.5 Å². The minimum atomic E-state index is -0.456. The van der Waals surface area contributed by atoms with Gasteiger partial charge >= 0.3 is 0 Å². The predicted molar refractivity (Wildman–Crippen MR) is 69.1 cm³/mol. The number of pyridine rings is 1. The molecule has 0 radical (unpaired) electrons. The zero-order valence-corrected chi connectivity index (χ0v) is 10.5. The van der Waals surface area contributed by atoms with Crippen LogP contribution in [0.5, 0.6) is 5.88 Å². The summed E-state index contributed by atoms with van der Waals surface area (Å²) in [7, 11) is 0. The van der Waals surface area contributed by atoms with Crippen molar-refractivity contribution < 1.29 is 13.5 Å². The molecule has 0 atom stereocenters. The van der Waals surface area contributed by atoms with E-state index >= 15 is 0 Å². The minimum absolute atomic E-state index is 0.194. The van der Waals surface area contributed by atoms with Gasteiger partial charge in [0.15, 0.2) is 0 Å². The molecule has 1 N–H and O–H groups in total. The normalized spacial score (nSPS) is 10.3. The molecule has 0 fully saturated rings. The molecule has 3 nitrogen and oxygen atoms in total. The molecule has 0 spiro atoms. The monoisotopic (exact) mass is 264 g/mol. The first-order valence-corrected chi connectivity index (χ1v) is 5.95. The van der Waals surface area contributed by atoms with Crippen LogP contribution in [0.1, 0.15) is 12.5 Å². The van der Waals surface area contributed by atoms with Crippen LogP contribution in [-0.2, 0) is 6.54 Å². The molecule has 0 aliphatic carbocycles. The number of hydrogen-bond acceptors (Lipinski definition) is 3. The summed E-state index contributed by atoms with van der Waals surface area (Å²) in [5.41, 5.74) is 0.987. The highest BCUT2D eigenvalue weighted by molar-refractivity contribution is 5.42. The van der Waals surface area contributed by atoms with Gasteiger partial charge in [0.1, 0.15) is 11.6 Å². The van der Waals surface area contributed by atoms with E-state index in [4.69, 9.17) is 4.74 Å². The number of hydrogen-bond donors (Lipinski definition) is 1. The molecule has 0 bridgehead atoms. The van der Waals surface area contributed by atoms with E-state index in [9.17, 15) is 8.78 Å². The van der Waals surface area contributed by atoms with Gasteiger partial charge in [-0.15, -0.1) is 0 Å². The molecule has 0 saturated heterocycles. The molecule has 0 amide bonds. The van der Waals surface area contributed by atoms with Crippen LogP contribution >= 0.6 is 0 Å². The first kappa shape index (κ1) is 13.3. The number of nitrogens with zero attached hydrogens (tertiary/aromatic N) is 1. The van der Waals surface area contributed by atoms with Crippen LogP contribution in [0.2, 0.25) is 0 Å². The Morgan fingerprint density at radius 1 is 1.21 bits per heavy atom. The summed E-state index contributed by atoms with van der Waals surface area (Å²) >= 11 is 0. The molecule has 2 aromatic rings. The lowest BCUT2D eigenvalue weighted by Crippen LogP contribution is -2.03. The Morgan fingerprint density at radius 2 is 2.05 bits per heavy atom. The van der Waals surface area contributed by atoms with Crippen LogP contribution in [0, 0.1) is 11.6 Å². The van der Waals surface area contributed by atoms with E-state index < -0.39 is 11.6 Å². The molecule has 19 heavy (non-hydrogen) atoms. The largest absolute Gasteiger partial charge is 0.478 e. The number of nitrogens with one attached hydrogen (secondary N) is 1. The number of halogens is 2. The van der Waals surface area contributed by atoms with E-state index in [1.165, 1.54) is 6.07 Å². The van der Waals surface area contributed by atoms with Gasteiger partial charge in [0.2, 0.25) is 5.88 Å². The van der Waals surface area contributed by atoms with E-state index in [2.05, 4.69) is 10.3 Å². The van der Waals surface area contributed by atoms with Crippen molar-refractivity contribution in [3.8, 4) is 5.88 Å². The zero-order valence-electron chi connectivity index (χ0n) is 10.5. The van der Waals surface area contributed by atoms with Crippen molar-refractivity contribution in [2.45, 2.75) is 13.5 Å². The van der Waals surface area contributed by atoms with E-state index in [1.54, 1.807) is 18.3 Å². The van der Waals surface area contributed by atoms with Crippen molar-refractivity contribution in [1.82, 2.24) is 4.98 Å². The predicted octanol–water partition coefficient (Wildman–Crippen LogP) is 3.37. The fraction of sp³-hybridized carbons (Fsp3) is 0.214. The van der Waals surface area contributed by atoms with Gasteiger partial charge in [-0.3, -0.25) is 0 Å². The van der Waals surface area contributed by atoms with Crippen LogP contribution in [0.25, 0.3) is 0 Å². The summed E-state index contributed by atoms with van der Waals surface area (Å²) < 4.78 is 31.6. The van der Waals surface area contributed by atoms with Crippen molar-refractivity contribution >= 4 is 5.69 Å². The van der Waals surface area contributed by atoms with Gasteiger partial charge in [0.05, 0.1) is 18.5 Å². The Morgan fingerprint density at radius 3 is 2.74 bits per heavy atom. The first-order valence-electron chi connectivity index (χ1n) is 5.95. The highest BCUT2D eigenvalue weighted by atomic mass is 19.1. The third-order valence-corrected chi connectivity index (χ3v) is 2.52. The number of ether oxygens (including phenoxy) is 1. The lowest BCUT2D eigenvalue weighted by atomic mass is 10.2. The second kappa shape index (κ2) is 6.13. The first-order chi connectivity index (χ1) is 9.19. The Balaban J connectivity index is 2.00. The van der Waals surface area contributed by atoms with E-state index in [-0.39, 0.29) is 12.1 Å². The number of rotatable bonds is 5. The minimum Gasteiger partial charge on any atom is -0.478 e.